The zero-order valence-electron chi connectivity index (χ0n) is 14.0. The van der Waals surface area contributed by atoms with Crippen LogP contribution in [0.2, 0.25) is 5.02 Å². The molecule has 1 N–H and O–H groups in total. The lowest BCUT2D eigenvalue weighted by molar-refractivity contribution is -0.157. The van der Waals surface area contributed by atoms with Crippen LogP contribution >= 0.6 is 27.5 Å². The largest absolute Gasteiger partial charge is 0.462 e. The molecule has 6 nitrogen and oxygen atoms in total. The summed E-state index contributed by atoms with van der Waals surface area (Å²) in [5, 5.41) is 3.20. The molecule has 0 radical (unpaired) electrons. The summed E-state index contributed by atoms with van der Waals surface area (Å²) in [4.78, 5) is 36.5. The average Bonchev–Trinajstić information content (AvgIpc) is 3.22. The summed E-state index contributed by atoms with van der Waals surface area (Å²) in [6.45, 7) is 1.39. The van der Waals surface area contributed by atoms with Gasteiger partial charge in [0.2, 0.25) is 0 Å². The fraction of sp³-hybridized carbons (Fsp3) is 0.500. The highest BCUT2D eigenvalue weighted by Crippen LogP contribution is 2.57. The van der Waals surface area contributed by atoms with E-state index in [9.17, 15) is 14.4 Å². The molecule has 2 saturated carbocycles. The van der Waals surface area contributed by atoms with Gasteiger partial charge in [0.15, 0.2) is 6.61 Å². The standard InChI is InChI=1S/C18H17BrClNO5/c1-7-11(3-2-10(19)16(7)20)21-13(22)6-25-17(23)14-8-4-9-12(5-8)26-18(24)15(9)14/h2-3,8-9,12,14-15H,4-6H2,1H3,(H,21,22)/t8-,9+,12-,14-,15-/m1/s1. The van der Waals surface area contributed by atoms with Crippen LogP contribution in [0.25, 0.3) is 0 Å². The highest BCUT2D eigenvalue weighted by molar-refractivity contribution is 9.10. The van der Waals surface area contributed by atoms with Crippen molar-refractivity contribution in [1.29, 1.82) is 0 Å². The molecule has 138 valence electrons. The number of carbonyl (C=O) groups is 3. The highest BCUT2D eigenvalue weighted by atomic mass is 79.9. The van der Waals surface area contributed by atoms with Crippen molar-refractivity contribution in [3.8, 4) is 0 Å². The summed E-state index contributed by atoms with van der Waals surface area (Å²) in [5.41, 5.74) is 1.27. The van der Waals surface area contributed by atoms with Crippen molar-refractivity contribution in [1.82, 2.24) is 0 Å². The Hall–Kier alpha value is -1.60. The van der Waals surface area contributed by atoms with Gasteiger partial charge in [-0.3, -0.25) is 14.4 Å². The zero-order valence-corrected chi connectivity index (χ0v) is 16.3. The number of esters is 2. The van der Waals surface area contributed by atoms with Gasteiger partial charge in [-0.05, 0) is 59.3 Å². The second-order valence-corrected chi connectivity index (χ2v) is 8.34. The molecule has 3 fully saturated rings. The number of halogens is 2. The van der Waals surface area contributed by atoms with Crippen molar-refractivity contribution in [3.05, 3.63) is 27.2 Å². The Morgan fingerprint density at radius 2 is 2.15 bits per heavy atom. The van der Waals surface area contributed by atoms with Crippen LogP contribution in [0.15, 0.2) is 16.6 Å². The van der Waals surface area contributed by atoms with Gasteiger partial charge in [0.05, 0.1) is 16.9 Å². The van der Waals surface area contributed by atoms with Crippen molar-refractivity contribution in [2.75, 3.05) is 11.9 Å². The third-order valence-corrected chi connectivity index (χ3v) is 7.09. The van der Waals surface area contributed by atoms with Crippen molar-refractivity contribution in [3.63, 3.8) is 0 Å². The molecular weight excluding hydrogens is 426 g/mol. The molecule has 8 heteroatoms. The molecule has 1 saturated heterocycles. The third kappa shape index (κ3) is 2.81. The van der Waals surface area contributed by atoms with Crippen LogP contribution in [0.4, 0.5) is 5.69 Å². The molecule has 3 aliphatic rings. The fourth-order valence-electron chi connectivity index (χ4n) is 4.53. The topological polar surface area (TPSA) is 81.7 Å². The minimum Gasteiger partial charge on any atom is -0.462 e. The molecule has 1 heterocycles. The summed E-state index contributed by atoms with van der Waals surface area (Å²) < 4.78 is 11.3. The van der Waals surface area contributed by atoms with E-state index < -0.39 is 30.3 Å². The van der Waals surface area contributed by atoms with Crippen molar-refractivity contribution < 1.29 is 23.9 Å². The summed E-state index contributed by atoms with van der Waals surface area (Å²) in [6.07, 6.45) is 1.51. The molecule has 2 aliphatic carbocycles. The van der Waals surface area contributed by atoms with Gasteiger partial charge in [-0.25, -0.2) is 0 Å². The summed E-state index contributed by atoms with van der Waals surface area (Å²) in [7, 11) is 0. The van der Waals surface area contributed by atoms with Crippen LogP contribution in [-0.4, -0.2) is 30.6 Å². The van der Waals surface area contributed by atoms with Crippen molar-refractivity contribution >= 4 is 51.1 Å². The number of hydrogen-bond acceptors (Lipinski definition) is 5. The van der Waals surface area contributed by atoms with E-state index in [1.807, 2.05) is 0 Å². The normalized spacial score (nSPS) is 31.0. The molecule has 0 aromatic heterocycles. The molecule has 2 bridgehead atoms. The number of benzene rings is 1. The summed E-state index contributed by atoms with van der Waals surface area (Å²) in [6, 6.07) is 3.45. The minimum absolute atomic E-state index is 0.0324. The number of ether oxygens (including phenoxy) is 2. The maximum absolute atomic E-state index is 12.5. The van der Waals surface area contributed by atoms with Gasteiger partial charge >= 0.3 is 11.9 Å². The quantitative estimate of drug-likeness (QED) is 0.725. The summed E-state index contributed by atoms with van der Waals surface area (Å²) in [5.74, 6) is -1.87. The predicted molar refractivity (Wildman–Crippen MR) is 96.6 cm³/mol. The zero-order chi connectivity index (χ0) is 18.6. The Bertz CT molecular complexity index is 811. The molecule has 26 heavy (non-hydrogen) atoms. The Labute approximate surface area is 163 Å². The lowest BCUT2D eigenvalue weighted by Crippen LogP contribution is -2.35. The maximum atomic E-state index is 12.5. The number of carbonyl (C=O) groups excluding carboxylic acids is 3. The lowest BCUT2D eigenvalue weighted by atomic mass is 9.80. The first-order chi connectivity index (χ1) is 12.4. The molecule has 4 rings (SSSR count). The van der Waals surface area contributed by atoms with E-state index in [2.05, 4.69) is 21.2 Å². The fourth-order valence-corrected chi connectivity index (χ4v) is 5.13. The highest BCUT2D eigenvalue weighted by Gasteiger charge is 2.64. The summed E-state index contributed by atoms with van der Waals surface area (Å²) >= 11 is 9.46. The van der Waals surface area contributed by atoms with Crippen LogP contribution in [0.3, 0.4) is 0 Å². The first-order valence-corrected chi connectivity index (χ1v) is 9.65. The Kier molecular flexibility index (Phi) is 4.47. The lowest BCUT2D eigenvalue weighted by Gasteiger charge is -2.22. The van der Waals surface area contributed by atoms with E-state index in [0.717, 1.165) is 17.3 Å². The molecule has 1 aromatic carbocycles. The van der Waals surface area contributed by atoms with Crippen LogP contribution in [0.1, 0.15) is 18.4 Å². The van der Waals surface area contributed by atoms with E-state index in [-0.39, 0.29) is 23.9 Å². The second-order valence-electron chi connectivity index (χ2n) is 7.11. The number of anilines is 1. The first-order valence-electron chi connectivity index (χ1n) is 8.48. The van der Waals surface area contributed by atoms with Gasteiger partial charge in [0, 0.05) is 16.1 Å². The molecule has 0 spiro atoms. The predicted octanol–water partition coefficient (Wildman–Crippen LogP) is 3.09. The van der Waals surface area contributed by atoms with Crippen LogP contribution in [0.5, 0.6) is 0 Å². The molecule has 1 aromatic rings. The van der Waals surface area contributed by atoms with Gasteiger partial charge in [-0.2, -0.15) is 0 Å². The van der Waals surface area contributed by atoms with Crippen molar-refractivity contribution in [2.24, 2.45) is 23.7 Å². The smallest absolute Gasteiger partial charge is 0.310 e. The Morgan fingerprint density at radius 3 is 2.92 bits per heavy atom. The number of amides is 1. The number of rotatable bonds is 4. The third-order valence-electron chi connectivity index (χ3n) is 5.71. The van der Waals surface area contributed by atoms with Gasteiger partial charge in [0.1, 0.15) is 6.10 Å². The van der Waals surface area contributed by atoms with Gasteiger partial charge in [-0.1, -0.05) is 11.6 Å². The molecule has 1 amide bonds. The van der Waals surface area contributed by atoms with E-state index in [1.165, 1.54) is 0 Å². The van der Waals surface area contributed by atoms with E-state index in [1.54, 1.807) is 19.1 Å². The van der Waals surface area contributed by atoms with Crippen molar-refractivity contribution in [2.45, 2.75) is 25.9 Å². The van der Waals surface area contributed by atoms with E-state index >= 15 is 0 Å². The first kappa shape index (κ1) is 17.8. The Morgan fingerprint density at radius 1 is 1.38 bits per heavy atom. The van der Waals surface area contributed by atoms with Gasteiger partial charge in [0.25, 0.3) is 5.91 Å². The monoisotopic (exact) mass is 441 g/mol. The molecule has 5 atom stereocenters. The SMILES string of the molecule is Cc1c(NC(=O)COC(=O)[C@@H]2[C@@H]3C[C@@H]4[C@H]2C(=O)O[C@@H]4C3)ccc(Br)c1Cl. The minimum atomic E-state index is -0.486. The number of nitrogens with one attached hydrogen (secondary N) is 1. The average molecular weight is 443 g/mol. The second kappa shape index (κ2) is 6.53. The van der Waals surface area contributed by atoms with Crippen LogP contribution < -0.4 is 5.32 Å². The molecule has 1 aliphatic heterocycles. The van der Waals surface area contributed by atoms with Gasteiger partial charge in [-0.15, -0.1) is 0 Å². The number of fused-ring (bicyclic) bond motifs is 1. The molecular formula is C18H17BrClNO5. The van der Waals surface area contributed by atoms with Gasteiger partial charge < -0.3 is 14.8 Å². The van der Waals surface area contributed by atoms with Crippen LogP contribution in [-0.2, 0) is 23.9 Å². The molecule has 0 unspecified atom stereocenters. The maximum Gasteiger partial charge on any atom is 0.310 e. The van der Waals surface area contributed by atoms with E-state index in [4.69, 9.17) is 21.1 Å². The number of hydrogen-bond donors (Lipinski definition) is 1. The van der Waals surface area contributed by atoms with Crippen LogP contribution in [0, 0.1) is 30.6 Å². The van der Waals surface area contributed by atoms with E-state index in [0.29, 0.717) is 16.3 Å². The Balaban J connectivity index is 1.36.